The number of nitrogens with one attached hydrogen (secondary N) is 1. The molecular weight excluding hydrogens is 346 g/mol. The van der Waals surface area contributed by atoms with Crippen molar-refractivity contribution in [2.24, 2.45) is 0 Å². The molecule has 0 aliphatic rings. The van der Waals surface area contributed by atoms with Gasteiger partial charge in [-0.3, -0.25) is 4.72 Å². The van der Waals surface area contributed by atoms with Crippen LogP contribution in [0, 0.1) is 0 Å². The third-order valence-corrected chi connectivity index (χ3v) is 4.49. The van der Waals surface area contributed by atoms with Crippen LogP contribution in [0.2, 0.25) is 0 Å². The number of sulfonamides is 1. The van der Waals surface area contributed by atoms with Gasteiger partial charge < -0.3 is 0 Å². The predicted molar refractivity (Wildman–Crippen MR) is 76.8 cm³/mol. The Balaban J connectivity index is 2.04. The number of hydrogen-bond donors (Lipinski definition) is 1. The number of anilines is 1. The van der Waals surface area contributed by atoms with Gasteiger partial charge in [-0.25, -0.2) is 13.0 Å². The maximum Gasteiger partial charge on any atom is 0.262 e. The van der Waals surface area contributed by atoms with E-state index in [2.05, 4.69) is 35.6 Å². The van der Waals surface area contributed by atoms with Gasteiger partial charge in [-0.05, 0) is 40.6 Å². The highest BCUT2D eigenvalue weighted by Crippen LogP contribution is 2.24. The van der Waals surface area contributed by atoms with Crippen LogP contribution in [0.5, 0.6) is 0 Å². The summed E-state index contributed by atoms with van der Waals surface area (Å²) in [5, 5.41) is 7.36. The van der Waals surface area contributed by atoms with E-state index in [-0.39, 0.29) is 4.90 Å². The summed E-state index contributed by atoms with van der Waals surface area (Å²) in [4.78, 5) is 0.153. The average Bonchev–Trinajstić information content (AvgIpc) is 2.88. The van der Waals surface area contributed by atoms with Crippen LogP contribution in [0.25, 0.3) is 11.0 Å². The highest BCUT2D eigenvalue weighted by Gasteiger charge is 2.17. The van der Waals surface area contributed by atoms with Gasteiger partial charge in [0, 0.05) is 4.47 Å². The summed E-state index contributed by atoms with van der Waals surface area (Å²) in [5.41, 5.74) is 1.18. The van der Waals surface area contributed by atoms with Gasteiger partial charge in [0.1, 0.15) is 5.52 Å². The Morgan fingerprint density at radius 1 is 1.10 bits per heavy atom. The van der Waals surface area contributed by atoms with Crippen molar-refractivity contribution in [1.29, 1.82) is 0 Å². The van der Waals surface area contributed by atoms with Crippen LogP contribution in [-0.4, -0.2) is 18.7 Å². The molecule has 3 aromatic rings. The largest absolute Gasteiger partial charge is 0.277 e. The average molecular weight is 354 g/mol. The van der Waals surface area contributed by atoms with Gasteiger partial charge in [-0.2, -0.15) is 0 Å². The van der Waals surface area contributed by atoms with Crippen molar-refractivity contribution in [1.82, 2.24) is 10.3 Å². The van der Waals surface area contributed by atoms with Gasteiger partial charge in [0.05, 0.1) is 10.6 Å². The minimum Gasteiger partial charge on any atom is -0.277 e. The third-order valence-electron chi connectivity index (χ3n) is 2.64. The van der Waals surface area contributed by atoms with Crippen LogP contribution < -0.4 is 4.72 Å². The fourth-order valence-corrected chi connectivity index (χ4v) is 3.39. The number of fused-ring (bicyclic) bond motifs is 1. The van der Waals surface area contributed by atoms with Gasteiger partial charge in [0.25, 0.3) is 10.0 Å². The molecule has 1 heterocycles. The van der Waals surface area contributed by atoms with E-state index in [1.807, 2.05) is 0 Å². The van der Waals surface area contributed by atoms with Crippen molar-refractivity contribution in [3.63, 3.8) is 0 Å². The molecule has 0 spiro atoms. The van der Waals surface area contributed by atoms with Crippen molar-refractivity contribution in [2.75, 3.05) is 4.72 Å². The van der Waals surface area contributed by atoms with Crippen LogP contribution in [0.3, 0.4) is 0 Å². The number of aromatic nitrogens is 2. The van der Waals surface area contributed by atoms with Gasteiger partial charge in [0.2, 0.25) is 0 Å². The molecule has 0 radical (unpaired) electrons. The zero-order chi connectivity index (χ0) is 14.2. The van der Waals surface area contributed by atoms with Crippen molar-refractivity contribution >= 4 is 42.7 Å². The summed E-state index contributed by atoms with van der Waals surface area (Å²) in [6, 6.07) is 11.4. The van der Waals surface area contributed by atoms with Gasteiger partial charge in [-0.15, -0.1) is 0 Å². The summed E-state index contributed by atoms with van der Waals surface area (Å²) in [5.74, 6) is 0. The number of halogens is 1. The maximum absolute atomic E-state index is 12.3. The minimum atomic E-state index is -3.69. The Bertz CT molecular complexity index is 876. The molecule has 0 saturated heterocycles. The van der Waals surface area contributed by atoms with Crippen molar-refractivity contribution in [3.8, 4) is 0 Å². The predicted octanol–water partition coefficient (Wildman–Crippen LogP) is 2.79. The van der Waals surface area contributed by atoms with E-state index in [9.17, 15) is 8.42 Å². The fourth-order valence-electron chi connectivity index (χ4n) is 1.73. The lowest BCUT2D eigenvalue weighted by Crippen LogP contribution is -2.13. The molecule has 0 aliphatic carbocycles. The van der Waals surface area contributed by atoms with E-state index >= 15 is 0 Å². The van der Waals surface area contributed by atoms with Crippen molar-refractivity contribution in [3.05, 3.63) is 46.9 Å². The first-order valence-electron chi connectivity index (χ1n) is 5.56. The second kappa shape index (κ2) is 4.88. The van der Waals surface area contributed by atoms with E-state index in [4.69, 9.17) is 0 Å². The summed E-state index contributed by atoms with van der Waals surface area (Å²) in [7, 11) is -3.69. The normalized spacial score (nSPS) is 11.7. The van der Waals surface area contributed by atoms with Crippen LogP contribution >= 0.6 is 15.9 Å². The smallest absolute Gasteiger partial charge is 0.262 e. The molecule has 2 aromatic carbocycles. The number of hydrogen-bond acceptors (Lipinski definition) is 5. The van der Waals surface area contributed by atoms with Crippen LogP contribution in [0.4, 0.5) is 5.69 Å². The van der Waals surface area contributed by atoms with E-state index in [1.165, 1.54) is 12.1 Å². The lowest BCUT2D eigenvalue weighted by Gasteiger charge is -2.08. The van der Waals surface area contributed by atoms with Gasteiger partial charge in [-0.1, -0.05) is 28.1 Å². The molecule has 1 aromatic heterocycles. The zero-order valence-electron chi connectivity index (χ0n) is 9.95. The molecule has 0 bridgehead atoms. The summed E-state index contributed by atoms with van der Waals surface area (Å²) >= 11 is 3.24. The Morgan fingerprint density at radius 3 is 2.70 bits per heavy atom. The van der Waals surface area contributed by atoms with Gasteiger partial charge >= 0.3 is 0 Å². The molecule has 6 nitrogen and oxygen atoms in total. The molecule has 8 heteroatoms. The molecule has 0 saturated carbocycles. The molecule has 0 aliphatic heterocycles. The highest BCUT2D eigenvalue weighted by atomic mass is 79.9. The first-order valence-corrected chi connectivity index (χ1v) is 7.83. The van der Waals surface area contributed by atoms with Crippen LogP contribution in [-0.2, 0) is 10.0 Å². The Labute approximate surface area is 122 Å². The summed E-state index contributed by atoms with van der Waals surface area (Å²) in [6.07, 6.45) is 0. The summed E-state index contributed by atoms with van der Waals surface area (Å²) < 4.78 is 32.4. The second-order valence-electron chi connectivity index (χ2n) is 4.00. The van der Waals surface area contributed by atoms with E-state index in [0.29, 0.717) is 21.2 Å². The second-order valence-corrected chi connectivity index (χ2v) is 6.60. The van der Waals surface area contributed by atoms with E-state index in [1.54, 1.807) is 30.3 Å². The topological polar surface area (TPSA) is 85.1 Å². The zero-order valence-corrected chi connectivity index (χ0v) is 12.3. The number of benzene rings is 2. The van der Waals surface area contributed by atoms with E-state index in [0.717, 1.165) is 0 Å². The first kappa shape index (κ1) is 13.1. The quantitative estimate of drug-likeness (QED) is 0.782. The molecule has 0 fully saturated rings. The monoisotopic (exact) mass is 353 g/mol. The van der Waals surface area contributed by atoms with Crippen LogP contribution in [0.1, 0.15) is 0 Å². The summed E-state index contributed by atoms with van der Waals surface area (Å²) in [6.45, 7) is 0. The van der Waals surface area contributed by atoms with Gasteiger partial charge in [0.15, 0.2) is 5.52 Å². The molecule has 102 valence electrons. The van der Waals surface area contributed by atoms with Crippen LogP contribution in [0.15, 0.2) is 56.5 Å². The third kappa shape index (κ3) is 2.39. The number of rotatable bonds is 3. The SMILES string of the molecule is O=S(=O)(Nc1cccc2nonc12)c1cccc(Br)c1. The van der Waals surface area contributed by atoms with E-state index < -0.39 is 10.0 Å². The molecule has 0 unspecified atom stereocenters. The fraction of sp³-hybridized carbons (Fsp3) is 0. The minimum absolute atomic E-state index is 0.153. The molecular formula is C12H8BrN3O3S. The first-order chi connectivity index (χ1) is 9.56. The molecule has 1 N–H and O–H groups in total. The molecule has 0 amide bonds. The Kier molecular flexibility index (Phi) is 3.19. The molecule has 0 atom stereocenters. The lowest BCUT2D eigenvalue weighted by atomic mass is 10.3. The molecule has 20 heavy (non-hydrogen) atoms. The lowest BCUT2D eigenvalue weighted by molar-refractivity contribution is 0.315. The Morgan fingerprint density at radius 2 is 1.90 bits per heavy atom. The standard InChI is InChI=1S/C12H8BrN3O3S/c13-8-3-1-4-9(7-8)20(17,18)16-11-6-2-5-10-12(11)15-19-14-10/h1-7,16H. The highest BCUT2D eigenvalue weighted by molar-refractivity contribution is 9.10. The van der Waals surface area contributed by atoms with Crippen molar-refractivity contribution in [2.45, 2.75) is 4.90 Å². The van der Waals surface area contributed by atoms with Crippen molar-refractivity contribution < 1.29 is 13.0 Å². The molecule has 3 rings (SSSR count). The maximum atomic E-state index is 12.3. The number of nitrogens with zero attached hydrogens (tertiary/aromatic N) is 2. The Hall–Kier alpha value is -1.93.